The third kappa shape index (κ3) is 2.82. The molecule has 1 saturated heterocycles. The van der Waals surface area contributed by atoms with Gasteiger partial charge in [-0.05, 0) is 18.6 Å². The first-order chi connectivity index (χ1) is 12.6. The molecular formula is C17H16FN5O2S. The fourth-order valence-electron chi connectivity index (χ4n) is 3.19. The van der Waals surface area contributed by atoms with E-state index < -0.39 is 5.82 Å². The number of anilines is 1. The molecule has 4 heterocycles. The second-order valence-electron chi connectivity index (χ2n) is 6.21. The van der Waals surface area contributed by atoms with E-state index in [0.29, 0.717) is 35.1 Å². The predicted molar refractivity (Wildman–Crippen MR) is 94.2 cm³/mol. The van der Waals surface area contributed by atoms with Gasteiger partial charge in [-0.15, -0.1) is 11.3 Å². The van der Waals surface area contributed by atoms with Crippen LogP contribution in [-0.4, -0.2) is 36.2 Å². The van der Waals surface area contributed by atoms with Crippen molar-refractivity contribution < 1.29 is 13.9 Å². The smallest absolute Gasteiger partial charge is 0.254 e. The molecule has 7 nitrogen and oxygen atoms in total. The van der Waals surface area contributed by atoms with Gasteiger partial charge in [0.25, 0.3) is 5.91 Å². The summed E-state index contributed by atoms with van der Waals surface area (Å²) in [7, 11) is 0. The van der Waals surface area contributed by atoms with Crippen molar-refractivity contribution in [2.24, 2.45) is 5.73 Å². The first kappa shape index (κ1) is 16.9. The van der Waals surface area contributed by atoms with Gasteiger partial charge in [-0.3, -0.25) is 4.79 Å². The summed E-state index contributed by atoms with van der Waals surface area (Å²) in [4.78, 5) is 17.8. The Hall–Kier alpha value is -2.54. The van der Waals surface area contributed by atoms with Crippen molar-refractivity contribution in [2.75, 3.05) is 18.5 Å². The van der Waals surface area contributed by atoms with E-state index in [9.17, 15) is 9.18 Å². The zero-order valence-corrected chi connectivity index (χ0v) is 14.5. The highest BCUT2D eigenvalue weighted by Crippen LogP contribution is 2.36. The van der Waals surface area contributed by atoms with Gasteiger partial charge in [-0.25, -0.2) is 9.37 Å². The molecule has 134 valence electrons. The number of halogens is 1. The van der Waals surface area contributed by atoms with Crippen LogP contribution in [0.15, 0.2) is 12.1 Å². The van der Waals surface area contributed by atoms with E-state index in [1.54, 1.807) is 12.1 Å². The van der Waals surface area contributed by atoms with Crippen LogP contribution in [0.25, 0.3) is 10.6 Å². The van der Waals surface area contributed by atoms with Gasteiger partial charge in [0.2, 0.25) is 0 Å². The maximum Gasteiger partial charge on any atom is 0.254 e. The Bertz CT molecular complexity index is 923. The van der Waals surface area contributed by atoms with Crippen LogP contribution in [0, 0.1) is 17.1 Å². The highest BCUT2D eigenvalue weighted by molar-refractivity contribution is 7.16. The van der Waals surface area contributed by atoms with E-state index in [0.717, 1.165) is 0 Å². The molecule has 9 heteroatoms. The minimum atomic E-state index is -0.544. The molecule has 2 aliphatic rings. The van der Waals surface area contributed by atoms with E-state index in [-0.39, 0.29) is 41.5 Å². The lowest BCUT2D eigenvalue weighted by Gasteiger charge is -2.30. The summed E-state index contributed by atoms with van der Waals surface area (Å²) in [5.74, 6) is -0.829. The SMILES string of the molecule is N#Cc1ccc(-c2nc(NC3CCOCC3N)c(F)c3c2C(=O)NC3)s1. The summed E-state index contributed by atoms with van der Waals surface area (Å²) in [6.45, 7) is 1.05. The lowest BCUT2D eigenvalue weighted by molar-refractivity contribution is 0.0751. The summed E-state index contributed by atoms with van der Waals surface area (Å²) in [5, 5.41) is 14.8. The number of nitrogens with two attached hydrogens (primary N) is 1. The number of nitriles is 1. The van der Waals surface area contributed by atoms with Crippen LogP contribution >= 0.6 is 11.3 Å². The molecule has 4 N–H and O–H groups in total. The standard InChI is InChI=1S/C17H16FN5O2S/c18-14-9-6-21-17(24)13(9)15(12-2-1-8(5-19)26-12)23-16(14)22-11-3-4-25-7-10(11)20/h1-2,10-11H,3-4,6-7,20H2,(H,21,24)(H,22,23). The number of nitrogens with one attached hydrogen (secondary N) is 2. The summed E-state index contributed by atoms with van der Waals surface area (Å²) >= 11 is 1.22. The molecule has 2 aromatic heterocycles. The number of carbonyl (C=O) groups is 1. The number of carbonyl (C=O) groups excluding carboxylic acids is 1. The Morgan fingerprint density at radius 1 is 1.50 bits per heavy atom. The number of aromatic nitrogens is 1. The topological polar surface area (TPSA) is 113 Å². The number of ether oxygens (including phenoxy) is 1. The van der Waals surface area contributed by atoms with Crippen molar-refractivity contribution in [3.8, 4) is 16.6 Å². The van der Waals surface area contributed by atoms with Crippen molar-refractivity contribution in [3.05, 3.63) is 34.0 Å². The van der Waals surface area contributed by atoms with Crippen LogP contribution in [0.4, 0.5) is 10.2 Å². The quantitative estimate of drug-likeness (QED) is 0.753. The highest BCUT2D eigenvalue weighted by atomic mass is 32.1. The molecule has 4 rings (SSSR count). The molecule has 0 aliphatic carbocycles. The Kier molecular flexibility index (Phi) is 4.32. The Balaban J connectivity index is 1.79. The van der Waals surface area contributed by atoms with Crippen LogP contribution < -0.4 is 16.4 Å². The molecular weight excluding hydrogens is 357 g/mol. The normalized spacial score (nSPS) is 21.8. The van der Waals surface area contributed by atoms with Crippen LogP contribution in [0.3, 0.4) is 0 Å². The Labute approximate surface area is 153 Å². The van der Waals surface area contributed by atoms with E-state index in [4.69, 9.17) is 15.7 Å². The van der Waals surface area contributed by atoms with Gasteiger partial charge in [0, 0.05) is 30.8 Å². The fraction of sp³-hybridized carbons (Fsp3) is 0.353. The zero-order valence-electron chi connectivity index (χ0n) is 13.7. The van der Waals surface area contributed by atoms with Crippen molar-refractivity contribution in [3.63, 3.8) is 0 Å². The predicted octanol–water partition coefficient (Wildman–Crippen LogP) is 1.59. The second kappa shape index (κ2) is 6.64. The maximum absolute atomic E-state index is 15.0. The number of hydrogen-bond acceptors (Lipinski definition) is 7. The van der Waals surface area contributed by atoms with Crippen molar-refractivity contribution in [1.82, 2.24) is 10.3 Å². The summed E-state index contributed by atoms with van der Waals surface area (Å²) in [6.07, 6.45) is 0.642. The van der Waals surface area contributed by atoms with Crippen LogP contribution in [0.1, 0.15) is 27.2 Å². The number of amides is 1. The van der Waals surface area contributed by atoms with Crippen molar-refractivity contribution >= 4 is 23.1 Å². The molecule has 0 saturated carbocycles. The van der Waals surface area contributed by atoms with Crippen LogP contribution in [0.2, 0.25) is 0 Å². The Morgan fingerprint density at radius 3 is 3.08 bits per heavy atom. The van der Waals surface area contributed by atoms with Crippen molar-refractivity contribution in [2.45, 2.75) is 25.0 Å². The average molecular weight is 373 g/mol. The molecule has 1 fully saturated rings. The molecule has 1 amide bonds. The van der Waals surface area contributed by atoms with E-state index in [1.807, 2.05) is 0 Å². The summed E-state index contributed by atoms with van der Waals surface area (Å²) in [5.41, 5.74) is 6.94. The van der Waals surface area contributed by atoms with Gasteiger partial charge >= 0.3 is 0 Å². The van der Waals surface area contributed by atoms with Crippen LogP contribution in [0.5, 0.6) is 0 Å². The van der Waals surface area contributed by atoms with Gasteiger partial charge in [-0.2, -0.15) is 5.26 Å². The molecule has 0 spiro atoms. The molecule has 2 aromatic rings. The average Bonchev–Trinajstić information content (AvgIpc) is 3.27. The maximum atomic E-state index is 15.0. The number of rotatable bonds is 3. The fourth-order valence-corrected chi connectivity index (χ4v) is 3.99. The van der Waals surface area contributed by atoms with E-state index in [2.05, 4.69) is 21.7 Å². The molecule has 2 unspecified atom stereocenters. The monoisotopic (exact) mass is 373 g/mol. The highest BCUT2D eigenvalue weighted by Gasteiger charge is 2.32. The van der Waals surface area contributed by atoms with Gasteiger partial charge in [-0.1, -0.05) is 0 Å². The van der Waals surface area contributed by atoms with E-state index in [1.165, 1.54) is 11.3 Å². The second-order valence-corrected chi connectivity index (χ2v) is 7.30. The number of hydrogen-bond donors (Lipinski definition) is 3. The van der Waals surface area contributed by atoms with Gasteiger partial charge in [0.05, 0.1) is 22.7 Å². The third-order valence-electron chi connectivity index (χ3n) is 4.56. The lowest BCUT2D eigenvalue weighted by atomic mass is 10.0. The summed E-state index contributed by atoms with van der Waals surface area (Å²) in [6, 6.07) is 5.01. The molecule has 0 radical (unpaired) electrons. The molecule has 0 bridgehead atoms. The first-order valence-electron chi connectivity index (χ1n) is 8.19. The van der Waals surface area contributed by atoms with Crippen LogP contribution in [-0.2, 0) is 11.3 Å². The zero-order chi connectivity index (χ0) is 18.3. The minimum absolute atomic E-state index is 0.0736. The van der Waals surface area contributed by atoms with Gasteiger partial charge in [0.15, 0.2) is 11.6 Å². The molecule has 0 aromatic carbocycles. The summed E-state index contributed by atoms with van der Waals surface area (Å²) < 4.78 is 20.3. The number of pyridine rings is 1. The Morgan fingerprint density at radius 2 is 2.35 bits per heavy atom. The van der Waals surface area contributed by atoms with Gasteiger partial charge < -0.3 is 21.1 Å². The third-order valence-corrected chi connectivity index (χ3v) is 5.56. The lowest BCUT2D eigenvalue weighted by Crippen LogP contribution is -2.48. The number of thiophene rings is 1. The molecule has 2 aliphatic heterocycles. The largest absolute Gasteiger partial charge is 0.380 e. The van der Waals surface area contributed by atoms with E-state index >= 15 is 0 Å². The van der Waals surface area contributed by atoms with Gasteiger partial charge in [0.1, 0.15) is 10.9 Å². The first-order valence-corrected chi connectivity index (χ1v) is 9.01. The molecule has 2 atom stereocenters. The number of fused-ring (bicyclic) bond motifs is 1. The number of nitrogens with zero attached hydrogens (tertiary/aromatic N) is 2. The molecule has 26 heavy (non-hydrogen) atoms. The minimum Gasteiger partial charge on any atom is -0.380 e. The van der Waals surface area contributed by atoms with Crippen molar-refractivity contribution in [1.29, 1.82) is 5.26 Å².